The minimum atomic E-state index is 0.322. The molecule has 2 aromatic heterocycles. The summed E-state index contributed by atoms with van der Waals surface area (Å²) in [6.45, 7) is 4.23. The molecule has 0 radical (unpaired) electrons. The van der Waals surface area contributed by atoms with Gasteiger partial charge in [0.25, 0.3) is 0 Å². The van der Waals surface area contributed by atoms with Crippen molar-refractivity contribution in [2.24, 2.45) is 0 Å². The monoisotopic (exact) mass is 220 g/mol. The van der Waals surface area contributed by atoms with E-state index >= 15 is 0 Å². The van der Waals surface area contributed by atoms with Crippen LogP contribution in [0, 0.1) is 0 Å². The number of hydrogen-bond acceptors (Lipinski definition) is 5. The normalized spacial score (nSPS) is 10.9. The van der Waals surface area contributed by atoms with Crippen molar-refractivity contribution in [3.63, 3.8) is 0 Å². The topological polar surface area (TPSA) is 64.7 Å². The van der Waals surface area contributed by atoms with Crippen molar-refractivity contribution < 1.29 is 0 Å². The van der Waals surface area contributed by atoms with E-state index in [-0.39, 0.29) is 0 Å². The highest BCUT2D eigenvalue weighted by atomic mass is 32.1. The summed E-state index contributed by atoms with van der Waals surface area (Å²) in [7, 11) is 0. The Morgan fingerprint density at radius 1 is 1.33 bits per heavy atom. The molecule has 2 heterocycles. The Balaban J connectivity index is 2.31. The zero-order valence-electron chi connectivity index (χ0n) is 8.64. The van der Waals surface area contributed by atoms with Crippen molar-refractivity contribution in [1.82, 2.24) is 14.3 Å². The Labute approximate surface area is 92.4 Å². The van der Waals surface area contributed by atoms with Gasteiger partial charge in [-0.05, 0) is 29.6 Å². The van der Waals surface area contributed by atoms with Crippen molar-refractivity contribution in [1.29, 1.82) is 0 Å². The molecule has 0 atom stereocenters. The van der Waals surface area contributed by atoms with Gasteiger partial charge >= 0.3 is 0 Å². The zero-order chi connectivity index (χ0) is 10.8. The predicted octanol–water partition coefficient (Wildman–Crippen LogP) is 2.31. The molecule has 0 bridgehead atoms. The fourth-order valence-electron chi connectivity index (χ4n) is 1.23. The van der Waals surface area contributed by atoms with Gasteiger partial charge in [-0.15, -0.1) is 0 Å². The van der Waals surface area contributed by atoms with Crippen LogP contribution in [0.15, 0.2) is 18.3 Å². The molecule has 5 heteroatoms. The van der Waals surface area contributed by atoms with Crippen LogP contribution in [0.3, 0.4) is 0 Å². The number of anilines is 1. The lowest BCUT2D eigenvalue weighted by Gasteiger charge is -2.03. The average molecular weight is 220 g/mol. The highest BCUT2D eigenvalue weighted by molar-refractivity contribution is 7.09. The molecule has 78 valence electrons. The fourth-order valence-corrected chi connectivity index (χ4v) is 1.81. The van der Waals surface area contributed by atoms with Gasteiger partial charge in [0, 0.05) is 17.5 Å². The maximum absolute atomic E-state index is 5.46. The second kappa shape index (κ2) is 3.94. The maximum atomic E-state index is 5.46. The molecule has 2 N–H and O–H groups in total. The van der Waals surface area contributed by atoms with E-state index in [1.54, 1.807) is 0 Å². The van der Waals surface area contributed by atoms with Gasteiger partial charge in [0.1, 0.15) is 5.01 Å². The van der Waals surface area contributed by atoms with Crippen LogP contribution >= 0.6 is 11.5 Å². The van der Waals surface area contributed by atoms with E-state index in [9.17, 15) is 0 Å². The quantitative estimate of drug-likeness (QED) is 0.843. The van der Waals surface area contributed by atoms with Crippen LogP contribution in [0.4, 0.5) is 5.95 Å². The third-order valence-corrected chi connectivity index (χ3v) is 2.84. The van der Waals surface area contributed by atoms with Crippen molar-refractivity contribution in [3.8, 4) is 10.6 Å². The summed E-state index contributed by atoms with van der Waals surface area (Å²) in [5.74, 6) is 0.765. The lowest BCUT2D eigenvalue weighted by Crippen LogP contribution is -1.92. The van der Waals surface area contributed by atoms with Gasteiger partial charge in [-0.1, -0.05) is 13.8 Å². The van der Waals surface area contributed by atoms with Gasteiger partial charge < -0.3 is 5.73 Å². The van der Waals surface area contributed by atoms with Gasteiger partial charge in [0.05, 0.1) is 0 Å². The molecule has 0 fully saturated rings. The summed E-state index contributed by atoms with van der Waals surface area (Å²) < 4.78 is 3.93. The molecule has 0 aromatic carbocycles. The number of aromatic nitrogens is 3. The van der Waals surface area contributed by atoms with E-state index in [1.807, 2.05) is 18.3 Å². The minimum absolute atomic E-state index is 0.322. The van der Waals surface area contributed by atoms with Crippen LogP contribution in [-0.2, 0) is 0 Å². The zero-order valence-corrected chi connectivity index (χ0v) is 9.45. The molecule has 15 heavy (non-hydrogen) atoms. The Bertz CT molecular complexity index is 447. The first kappa shape index (κ1) is 10.0. The van der Waals surface area contributed by atoms with Crippen molar-refractivity contribution >= 4 is 17.5 Å². The third kappa shape index (κ3) is 2.12. The van der Waals surface area contributed by atoms with E-state index in [1.165, 1.54) is 11.5 Å². The Morgan fingerprint density at radius 2 is 2.13 bits per heavy atom. The summed E-state index contributed by atoms with van der Waals surface area (Å²) in [6, 6.07) is 4.01. The smallest absolute Gasteiger partial charge is 0.232 e. The molecule has 2 rings (SSSR count). The molecular weight excluding hydrogens is 208 g/mol. The first-order valence-corrected chi connectivity index (χ1v) is 5.49. The molecule has 2 aromatic rings. The van der Waals surface area contributed by atoms with Crippen molar-refractivity contribution in [2.45, 2.75) is 19.8 Å². The fraction of sp³-hybridized carbons (Fsp3) is 0.300. The summed E-state index contributed by atoms with van der Waals surface area (Å²) >= 11 is 1.29. The Hall–Kier alpha value is -1.49. The number of nitrogen functional groups attached to an aromatic ring is 1. The van der Waals surface area contributed by atoms with Crippen LogP contribution in [-0.4, -0.2) is 14.3 Å². The van der Waals surface area contributed by atoms with Crippen molar-refractivity contribution in [2.75, 3.05) is 5.73 Å². The first-order valence-electron chi connectivity index (χ1n) is 4.72. The Morgan fingerprint density at radius 3 is 2.60 bits per heavy atom. The molecule has 0 saturated carbocycles. The van der Waals surface area contributed by atoms with E-state index in [4.69, 9.17) is 5.73 Å². The van der Waals surface area contributed by atoms with Crippen LogP contribution in [0.2, 0.25) is 0 Å². The number of pyridine rings is 1. The van der Waals surface area contributed by atoms with Gasteiger partial charge in [-0.25, -0.2) is 0 Å². The highest BCUT2D eigenvalue weighted by Gasteiger charge is 2.06. The molecule has 0 amide bonds. The number of nitrogens with two attached hydrogens (primary N) is 1. The lowest BCUT2D eigenvalue weighted by molar-refractivity contribution is 0.823. The minimum Gasteiger partial charge on any atom is -0.367 e. The third-order valence-electron chi connectivity index (χ3n) is 2.07. The number of rotatable bonds is 2. The molecule has 4 nitrogen and oxygen atoms in total. The molecule has 0 aliphatic rings. The summed E-state index contributed by atoms with van der Waals surface area (Å²) in [6.07, 6.45) is 1.81. The van der Waals surface area contributed by atoms with Crippen LogP contribution in [0.5, 0.6) is 0 Å². The predicted molar refractivity (Wildman–Crippen MR) is 61.6 cm³/mol. The van der Waals surface area contributed by atoms with Crippen LogP contribution < -0.4 is 5.73 Å². The standard InChI is InChI=1S/C10H12N4S/c1-6(2)8-4-3-7(5-12-8)9-13-10(11)14-15-9/h3-6H,1-2H3,(H2,11,14). The molecule has 0 spiro atoms. The second-order valence-corrected chi connectivity index (χ2v) is 4.34. The largest absolute Gasteiger partial charge is 0.367 e. The number of nitrogens with zero attached hydrogens (tertiary/aromatic N) is 3. The van der Waals surface area contributed by atoms with Gasteiger partial charge in [-0.3, -0.25) is 4.98 Å². The Kier molecular flexibility index (Phi) is 2.64. The molecule has 0 aliphatic carbocycles. The molecular formula is C10H12N4S. The molecule has 0 aliphatic heterocycles. The van der Waals surface area contributed by atoms with E-state index in [0.717, 1.165) is 16.3 Å². The van der Waals surface area contributed by atoms with Crippen molar-refractivity contribution in [3.05, 3.63) is 24.0 Å². The molecule has 0 unspecified atom stereocenters. The van der Waals surface area contributed by atoms with Gasteiger partial charge in [0.2, 0.25) is 5.95 Å². The summed E-state index contributed by atoms with van der Waals surface area (Å²) in [5.41, 5.74) is 7.51. The second-order valence-electron chi connectivity index (χ2n) is 3.58. The highest BCUT2D eigenvalue weighted by Crippen LogP contribution is 2.22. The van der Waals surface area contributed by atoms with Gasteiger partial charge in [0.15, 0.2) is 0 Å². The van der Waals surface area contributed by atoms with E-state index < -0.39 is 0 Å². The SMILES string of the molecule is CC(C)c1ccc(-c2nc(N)ns2)cn1. The van der Waals surface area contributed by atoms with Crippen LogP contribution in [0.25, 0.3) is 10.6 Å². The average Bonchev–Trinajstić information content (AvgIpc) is 2.65. The number of hydrogen-bond donors (Lipinski definition) is 1. The first-order chi connectivity index (χ1) is 7.16. The lowest BCUT2D eigenvalue weighted by atomic mass is 10.1. The maximum Gasteiger partial charge on any atom is 0.232 e. The van der Waals surface area contributed by atoms with Gasteiger partial charge in [-0.2, -0.15) is 9.36 Å². The van der Waals surface area contributed by atoms with E-state index in [0.29, 0.717) is 11.9 Å². The molecule has 0 saturated heterocycles. The summed E-state index contributed by atoms with van der Waals surface area (Å²) in [5, 5.41) is 0.815. The summed E-state index contributed by atoms with van der Waals surface area (Å²) in [4.78, 5) is 8.46. The van der Waals surface area contributed by atoms with Crippen LogP contribution in [0.1, 0.15) is 25.5 Å². The van der Waals surface area contributed by atoms with E-state index in [2.05, 4.69) is 28.2 Å².